The van der Waals surface area contributed by atoms with Crippen LogP contribution in [0.5, 0.6) is 0 Å². The maximum absolute atomic E-state index is 12.7. The number of nitrogens with two attached hydrogens (primary N) is 1. The molecule has 2 amide bonds. The molecule has 3 N–H and O–H groups in total. The van der Waals surface area contributed by atoms with Crippen LogP contribution >= 0.6 is 11.3 Å². The molecule has 29 heavy (non-hydrogen) atoms. The Morgan fingerprint density at radius 2 is 1.83 bits per heavy atom. The van der Waals surface area contributed by atoms with Gasteiger partial charge in [-0.2, -0.15) is 0 Å². The number of fused-ring (bicyclic) bond motifs is 1. The molecule has 0 radical (unpaired) electrons. The molecule has 3 rings (SSSR count). The summed E-state index contributed by atoms with van der Waals surface area (Å²) in [5, 5.41) is 3.57. The summed E-state index contributed by atoms with van der Waals surface area (Å²) < 4.78 is 0. The van der Waals surface area contributed by atoms with Crippen molar-refractivity contribution in [2.24, 2.45) is 5.73 Å². The number of rotatable bonds is 8. The van der Waals surface area contributed by atoms with Crippen molar-refractivity contribution in [3.05, 3.63) is 45.8 Å². The lowest BCUT2D eigenvalue weighted by molar-refractivity contribution is -0.117. The number of aryl methyl sites for hydroxylation is 1. The first-order valence-corrected chi connectivity index (χ1v) is 10.9. The van der Waals surface area contributed by atoms with Crippen LogP contribution in [0.1, 0.15) is 46.1 Å². The molecule has 1 aliphatic rings. The molecule has 1 aromatic heterocycles. The first kappa shape index (κ1) is 21.3. The highest BCUT2D eigenvalue weighted by atomic mass is 32.1. The topological polar surface area (TPSA) is 78.7 Å². The molecule has 6 nitrogen and oxygen atoms in total. The molecular formula is C22H30N4O2S. The van der Waals surface area contributed by atoms with Crippen molar-refractivity contribution in [1.29, 1.82) is 0 Å². The Kier molecular flexibility index (Phi) is 6.92. The summed E-state index contributed by atoms with van der Waals surface area (Å²) in [6, 6.07) is 8.35. The van der Waals surface area contributed by atoms with E-state index in [0.717, 1.165) is 49.0 Å². The van der Waals surface area contributed by atoms with E-state index in [4.69, 9.17) is 5.73 Å². The molecule has 2 aromatic rings. The van der Waals surface area contributed by atoms with E-state index in [1.807, 2.05) is 21.0 Å². The number of hydrogen-bond donors (Lipinski definition) is 2. The average Bonchev–Trinajstić information content (AvgIpc) is 3.05. The predicted molar refractivity (Wildman–Crippen MR) is 120 cm³/mol. The second-order valence-electron chi connectivity index (χ2n) is 7.69. The zero-order valence-electron chi connectivity index (χ0n) is 17.5. The third-order valence-electron chi connectivity index (χ3n) is 5.34. The fourth-order valence-electron chi connectivity index (χ4n) is 3.72. The quantitative estimate of drug-likeness (QED) is 0.695. The normalized spacial score (nSPS) is 13.2. The number of carbonyl (C=O) groups is 2. The fraction of sp³-hybridized carbons (Fsp3) is 0.455. The van der Waals surface area contributed by atoms with Gasteiger partial charge in [0.25, 0.3) is 5.91 Å². The Balaban J connectivity index is 1.66. The van der Waals surface area contributed by atoms with Crippen molar-refractivity contribution in [3.63, 3.8) is 0 Å². The summed E-state index contributed by atoms with van der Waals surface area (Å²) in [7, 11) is 4.03. The molecule has 0 atom stereocenters. The van der Waals surface area contributed by atoms with Crippen molar-refractivity contribution in [3.8, 4) is 0 Å². The standard InChI is InChI=1S/C22H30N4O2S/c1-4-26(13-15-9-11-16(12-10-15)25(2)3)14-19(27)24-22-20(21(23)28)17-7-5-6-8-18(17)29-22/h9-12H,4-8,13-14H2,1-3H3,(H2,23,28)(H,24,27). The average molecular weight is 415 g/mol. The minimum absolute atomic E-state index is 0.113. The van der Waals surface area contributed by atoms with Crippen LogP contribution in [0.3, 0.4) is 0 Å². The summed E-state index contributed by atoms with van der Waals surface area (Å²) >= 11 is 1.51. The van der Waals surface area contributed by atoms with Gasteiger partial charge in [-0.15, -0.1) is 11.3 Å². The summed E-state index contributed by atoms with van der Waals surface area (Å²) in [6.45, 7) is 3.76. The summed E-state index contributed by atoms with van der Waals surface area (Å²) in [5.41, 5.74) is 9.49. The van der Waals surface area contributed by atoms with Crippen LogP contribution in [0.15, 0.2) is 24.3 Å². The number of thiophene rings is 1. The number of nitrogens with one attached hydrogen (secondary N) is 1. The van der Waals surface area contributed by atoms with E-state index in [-0.39, 0.29) is 12.5 Å². The highest BCUT2D eigenvalue weighted by molar-refractivity contribution is 7.17. The highest BCUT2D eigenvalue weighted by Crippen LogP contribution is 2.37. The number of anilines is 2. The van der Waals surface area contributed by atoms with Gasteiger partial charge in [-0.3, -0.25) is 14.5 Å². The van der Waals surface area contributed by atoms with E-state index in [1.54, 1.807) is 0 Å². The number of carbonyl (C=O) groups excluding carboxylic acids is 2. The lowest BCUT2D eigenvalue weighted by atomic mass is 9.95. The molecular weight excluding hydrogens is 384 g/mol. The smallest absolute Gasteiger partial charge is 0.251 e. The van der Waals surface area contributed by atoms with E-state index >= 15 is 0 Å². The third kappa shape index (κ3) is 5.16. The minimum atomic E-state index is -0.451. The molecule has 0 bridgehead atoms. The first-order chi connectivity index (χ1) is 13.9. The lowest BCUT2D eigenvalue weighted by Crippen LogP contribution is -2.33. The van der Waals surface area contributed by atoms with E-state index in [0.29, 0.717) is 17.1 Å². The maximum atomic E-state index is 12.7. The van der Waals surface area contributed by atoms with Crippen LogP contribution in [0.2, 0.25) is 0 Å². The Morgan fingerprint density at radius 1 is 1.14 bits per heavy atom. The fourth-order valence-corrected chi connectivity index (χ4v) is 5.03. The van der Waals surface area contributed by atoms with E-state index in [9.17, 15) is 9.59 Å². The van der Waals surface area contributed by atoms with E-state index in [1.165, 1.54) is 16.2 Å². The number of amides is 2. The maximum Gasteiger partial charge on any atom is 0.251 e. The molecule has 0 saturated carbocycles. The van der Waals surface area contributed by atoms with Gasteiger partial charge >= 0.3 is 0 Å². The van der Waals surface area contributed by atoms with Crippen molar-refractivity contribution in [2.75, 3.05) is 37.4 Å². The summed E-state index contributed by atoms with van der Waals surface area (Å²) in [4.78, 5) is 30.0. The highest BCUT2D eigenvalue weighted by Gasteiger charge is 2.25. The second kappa shape index (κ2) is 9.41. The summed E-state index contributed by atoms with van der Waals surface area (Å²) in [5.74, 6) is -0.564. The van der Waals surface area contributed by atoms with Gasteiger partial charge in [0.2, 0.25) is 5.91 Å². The Hall–Kier alpha value is -2.38. The number of primary amides is 1. The SMILES string of the molecule is CCN(CC(=O)Nc1sc2c(c1C(N)=O)CCCC2)Cc1ccc(N(C)C)cc1. The minimum Gasteiger partial charge on any atom is -0.378 e. The molecule has 0 saturated heterocycles. The monoisotopic (exact) mass is 414 g/mol. The molecule has 156 valence electrons. The van der Waals surface area contributed by atoms with Crippen LogP contribution < -0.4 is 16.0 Å². The predicted octanol–water partition coefficient (Wildman–Crippen LogP) is 3.25. The van der Waals surface area contributed by atoms with Gasteiger partial charge in [0, 0.05) is 31.2 Å². The van der Waals surface area contributed by atoms with Crippen LogP contribution in [0.4, 0.5) is 10.7 Å². The van der Waals surface area contributed by atoms with Crippen LogP contribution in [-0.4, -0.2) is 43.9 Å². The van der Waals surface area contributed by atoms with E-state index < -0.39 is 5.91 Å². The van der Waals surface area contributed by atoms with E-state index in [2.05, 4.69) is 39.4 Å². The Morgan fingerprint density at radius 3 is 2.45 bits per heavy atom. The van der Waals surface area contributed by atoms with Gasteiger partial charge < -0.3 is 16.0 Å². The molecule has 7 heteroatoms. The van der Waals surface area contributed by atoms with Crippen LogP contribution in [-0.2, 0) is 24.2 Å². The van der Waals surface area contributed by atoms with Gasteiger partial charge in [0.05, 0.1) is 12.1 Å². The number of hydrogen-bond acceptors (Lipinski definition) is 5. The lowest BCUT2D eigenvalue weighted by Gasteiger charge is -2.20. The third-order valence-corrected chi connectivity index (χ3v) is 6.55. The van der Waals surface area contributed by atoms with Gasteiger partial charge in [-0.1, -0.05) is 19.1 Å². The Bertz CT molecular complexity index is 874. The van der Waals surface area contributed by atoms with Crippen molar-refractivity contribution in [2.45, 2.75) is 39.2 Å². The van der Waals surface area contributed by atoms with Crippen molar-refractivity contribution in [1.82, 2.24) is 4.90 Å². The Labute approximate surface area is 176 Å². The number of benzene rings is 1. The van der Waals surface area contributed by atoms with Gasteiger partial charge in [-0.05, 0) is 55.5 Å². The van der Waals surface area contributed by atoms with Crippen molar-refractivity contribution < 1.29 is 9.59 Å². The zero-order chi connectivity index (χ0) is 21.0. The number of likely N-dealkylation sites (N-methyl/N-ethyl adjacent to an activating group) is 1. The molecule has 1 aromatic carbocycles. The first-order valence-electron chi connectivity index (χ1n) is 10.1. The van der Waals surface area contributed by atoms with Gasteiger partial charge in [0.1, 0.15) is 5.00 Å². The molecule has 0 aliphatic heterocycles. The van der Waals surface area contributed by atoms with Crippen molar-refractivity contribution >= 4 is 33.8 Å². The molecule has 1 aliphatic carbocycles. The van der Waals surface area contributed by atoms with Gasteiger partial charge in [-0.25, -0.2) is 0 Å². The zero-order valence-corrected chi connectivity index (χ0v) is 18.3. The largest absolute Gasteiger partial charge is 0.378 e. The van der Waals surface area contributed by atoms with Gasteiger partial charge in [0.15, 0.2) is 0 Å². The van der Waals surface area contributed by atoms with Crippen LogP contribution in [0.25, 0.3) is 0 Å². The molecule has 0 spiro atoms. The second-order valence-corrected chi connectivity index (χ2v) is 8.80. The number of nitrogens with zero attached hydrogens (tertiary/aromatic N) is 2. The van der Waals surface area contributed by atoms with Crippen LogP contribution in [0, 0.1) is 0 Å². The molecule has 1 heterocycles. The summed E-state index contributed by atoms with van der Waals surface area (Å²) in [6.07, 6.45) is 4.01. The molecule has 0 fully saturated rings. The molecule has 0 unspecified atom stereocenters.